The minimum atomic E-state index is -1.93. The van der Waals surface area contributed by atoms with Crippen molar-refractivity contribution in [1.29, 1.82) is 0 Å². The molecule has 94 valence electrons. The molecule has 0 atom stereocenters. The Labute approximate surface area is 108 Å². The lowest BCUT2D eigenvalue weighted by atomic mass is 10.2. The van der Waals surface area contributed by atoms with Gasteiger partial charge in [-0.15, -0.1) is 0 Å². The lowest BCUT2D eigenvalue weighted by Gasteiger charge is -2.05. The highest BCUT2D eigenvalue weighted by atomic mass is 31.1. The van der Waals surface area contributed by atoms with E-state index in [9.17, 15) is 4.57 Å². The van der Waals surface area contributed by atoms with Crippen LogP contribution in [0.3, 0.4) is 0 Å². The molecule has 0 aliphatic rings. The van der Waals surface area contributed by atoms with E-state index in [-0.39, 0.29) is 0 Å². The Kier molecular flexibility index (Phi) is 4.32. The van der Waals surface area contributed by atoms with Crippen LogP contribution in [0.1, 0.15) is 11.1 Å². The molecule has 0 aliphatic heterocycles. The molecule has 0 saturated carbocycles. The number of benzene rings is 2. The maximum Gasteiger partial charge on any atom is 0.131 e. The van der Waals surface area contributed by atoms with Gasteiger partial charge in [-0.2, -0.15) is 0 Å². The summed E-state index contributed by atoms with van der Waals surface area (Å²) >= 11 is 0. The molecule has 2 rings (SSSR count). The van der Waals surface area contributed by atoms with E-state index in [1.165, 1.54) is 0 Å². The predicted octanol–water partition coefficient (Wildman–Crippen LogP) is 1.11. The van der Waals surface area contributed by atoms with Gasteiger partial charge in [0.2, 0.25) is 0 Å². The fourth-order valence-electron chi connectivity index (χ4n) is 1.75. The van der Waals surface area contributed by atoms with E-state index in [1.807, 2.05) is 48.5 Å². The second-order valence-corrected chi connectivity index (χ2v) is 5.94. The van der Waals surface area contributed by atoms with Crippen molar-refractivity contribution in [3.63, 3.8) is 0 Å². The van der Waals surface area contributed by atoms with Crippen molar-refractivity contribution in [2.45, 2.75) is 13.1 Å². The summed E-state index contributed by atoms with van der Waals surface area (Å²) in [4.78, 5) is 0. The predicted molar refractivity (Wildman–Crippen MR) is 76.9 cm³/mol. The van der Waals surface area contributed by atoms with Gasteiger partial charge < -0.3 is 16.0 Å². The van der Waals surface area contributed by atoms with Crippen LogP contribution in [0.15, 0.2) is 48.5 Å². The average Bonchev–Trinajstić information content (AvgIpc) is 2.47. The van der Waals surface area contributed by atoms with E-state index in [0.29, 0.717) is 13.1 Å². The maximum absolute atomic E-state index is 12.4. The van der Waals surface area contributed by atoms with Crippen LogP contribution in [-0.2, 0) is 17.7 Å². The number of hydrogen-bond acceptors (Lipinski definition) is 3. The highest BCUT2D eigenvalue weighted by molar-refractivity contribution is 7.61. The Bertz CT molecular complexity index is 485. The van der Waals surface area contributed by atoms with Crippen molar-refractivity contribution in [3.05, 3.63) is 59.7 Å². The second-order valence-electron chi connectivity index (χ2n) is 4.13. The molecular formula is C14H17N2OP. The standard InChI is InChI=1S/C14H17N2OP/c15-9-11-1-5-13(6-2-11)18(17)14-7-3-12(10-16)4-8-14/h1-8,18H,9-10,15-16H2. The summed E-state index contributed by atoms with van der Waals surface area (Å²) in [6, 6.07) is 15.2. The fraction of sp³-hybridized carbons (Fsp3) is 0.143. The van der Waals surface area contributed by atoms with E-state index in [4.69, 9.17) is 11.5 Å². The SMILES string of the molecule is NCc1ccc([PH](=O)c2ccc(CN)cc2)cc1. The zero-order valence-electron chi connectivity index (χ0n) is 10.1. The Morgan fingerprint density at radius 1 is 0.722 bits per heavy atom. The summed E-state index contributed by atoms with van der Waals surface area (Å²) in [7, 11) is -1.93. The van der Waals surface area contributed by atoms with Crippen LogP contribution in [0.4, 0.5) is 0 Å². The number of hydrogen-bond donors (Lipinski definition) is 2. The van der Waals surface area contributed by atoms with Crippen LogP contribution >= 0.6 is 7.80 Å². The summed E-state index contributed by atoms with van der Waals surface area (Å²) in [5.74, 6) is 0. The molecule has 0 aromatic heterocycles. The molecule has 0 spiro atoms. The Morgan fingerprint density at radius 2 is 1.06 bits per heavy atom. The van der Waals surface area contributed by atoms with Gasteiger partial charge in [0.05, 0.1) is 0 Å². The minimum absolute atomic E-state index is 0.506. The van der Waals surface area contributed by atoms with E-state index in [1.54, 1.807) is 0 Å². The van der Waals surface area contributed by atoms with Crippen molar-refractivity contribution in [2.75, 3.05) is 0 Å². The highest BCUT2D eigenvalue weighted by Crippen LogP contribution is 2.19. The molecule has 0 radical (unpaired) electrons. The van der Waals surface area contributed by atoms with Gasteiger partial charge >= 0.3 is 0 Å². The molecule has 0 amide bonds. The van der Waals surface area contributed by atoms with Gasteiger partial charge in [-0.1, -0.05) is 48.5 Å². The molecule has 0 fully saturated rings. The van der Waals surface area contributed by atoms with E-state index >= 15 is 0 Å². The van der Waals surface area contributed by atoms with Gasteiger partial charge in [-0.3, -0.25) is 0 Å². The summed E-state index contributed by atoms with van der Waals surface area (Å²) in [5.41, 5.74) is 13.2. The topological polar surface area (TPSA) is 69.1 Å². The van der Waals surface area contributed by atoms with Gasteiger partial charge in [0.25, 0.3) is 0 Å². The van der Waals surface area contributed by atoms with E-state index in [0.717, 1.165) is 21.7 Å². The summed E-state index contributed by atoms with van der Waals surface area (Å²) in [6.07, 6.45) is 0. The Balaban J connectivity index is 2.23. The van der Waals surface area contributed by atoms with Crippen LogP contribution < -0.4 is 22.1 Å². The summed E-state index contributed by atoms with van der Waals surface area (Å²) in [6.45, 7) is 1.01. The van der Waals surface area contributed by atoms with Crippen molar-refractivity contribution < 1.29 is 4.57 Å². The van der Waals surface area contributed by atoms with E-state index < -0.39 is 7.80 Å². The summed E-state index contributed by atoms with van der Waals surface area (Å²) < 4.78 is 12.4. The Morgan fingerprint density at radius 3 is 1.33 bits per heavy atom. The van der Waals surface area contributed by atoms with Crippen LogP contribution in [-0.4, -0.2) is 0 Å². The van der Waals surface area contributed by atoms with Crippen molar-refractivity contribution in [2.24, 2.45) is 11.5 Å². The first-order chi connectivity index (χ1) is 8.74. The van der Waals surface area contributed by atoms with Gasteiger partial charge in [0.15, 0.2) is 0 Å². The highest BCUT2D eigenvalue weighted by Gasteiger charge is 2.06. The van der Waals surface area contributed by atoms with Gasteiger partial charge in [-0.25, -0.2) is 0 Å². The minimum Gasteiger partial charge on any atom is -0.326 e. The zero-order chi connectivity index (χ0) is 13.0. The lowest BCUT2D eigenvalue weighted by Crippen LogP contribution is -2.08. The van der Waals surface area contributed by atoms with E-state index in [2.05, 4.69) is 0 Å². The van der Waals surface area contributed by atoms with Gasteiger partial charge in [-0.05, 0) is 11.1 Å². The molecule has 0 unspecified atom stereocenters. The van der Waals surface area contributed by atoms with Crippen molar-refractivity contribution >= 4 is 18.4 Å². The van der Waals surface area contributed by atoms with Crippen LogP contribution in [0, 0.1) is 0 Å². The first-order valence-corrected chi connectivity index (χ1v) is 7.28. The van der Waals surface area contributed by atoms with Crippen molar-refractivity contribution in [1.82, 2.24) is 0 Å². The molecule has 0 bridgehead atoms. The first kappa shape index (κ1) is 13.0. The van der Waals surface area contributed by atoms with Gasteiger partial charge in [0.1, 0.15) is 7.80 Å². The fourth-order valence-corrected chi connectivity index (χ4v) is 3.02. The largest absolute Gasteiger partial charge is 0.326 e. The number of rotatable bonds is 4. The molecule has 3 nitrogen and oxygen atoms in total. The maximum atomic E-state index is 12.4. The third-order valence-electron chi connectivity index (χ3n) is 2.90. The molecule has 18 heavy (non-hydrogen) atoms. The second kappa shape index (κ2) is 5.96. The van der Waals surface area contributed by atoms with Crippen LogP contribution in [0.25, 0.3) is 0 Å². The molecule has 2 aromatic carbocycles. The zero-order valence-corrected chi connectivity index (χ0v) is 11.1. The van der Waals surface area contributed by atoms with Crippen molar-refractivity contribution in [3.8, 4) is 0 Å². The third kappa shape index (κ3) is 2.88. The monoisotopic (exact) mass is 260 g/mol. The van der Waals surface area contributed by atoms with Crippen LogP contribution in [0.5, 0.6) is 0 Å². The number of nitrogens with two attached hydrogens (primary N) is 2. The quantitative estimate of drug-likeness (QED) is 0.809. The molecule has 0 saturated heterocycles. The summed E-state index contributed by atoms with van der Waals surface area (Å²) in [5, 5.41) is 1.72. The molecule has 4 heteroatoms. The normalized spacial score (nSPS) is 10.8. The average molecular weight is 260 g/mol. The molecule has 4 N–H and O–H groups in total. The molecular weight excluding hydrogens is 243 g/mol. The third-order valence-corrected chi connectivity index (χ3v) is 4.62. The van der Waals surface area contributed by atoms with Gasteiger partial charge in [0, 0.05) is 23.7 Å². The van der Waals surface area contributed by atoms with Crippen LogP contribution in [0.2, 0.25) is 0 Å². The lowest BCUT2D eigenvalue weighted by molar-refractivity contribution is 0.598. The Hall–Kier alpha value is -1.41. The first-order valence-electron chi connectivity index (χ1n) is 5.87. The molecule has 2 aromatic rings. The smallest absolute Gasteiger partial charge is 0.131 e. The molecule has 0 heterocycles. The molecule has 0 aliphatic carbocycles.